The average molecular weight is 127 g/mol. The first-order valence-electron chi connectivity index (χ1n) is 3.27. The fourth-order valence-electron chi connectivity index (χ4n) is 1.20. The Balaban J connectivity index is 2.40. The van der Waals surface area contributed by atoms with Crippen LogP contribution >= 0.6 is 0 Å². The van der Waals surface area contributed by atoms with Crippen LogP contribution in [0.25, 0.3) is 0 Å². The summed E-state index contributed by atoms with van der Waals surface area (Å²) in [5, 5.41) is 0. The highest BCUT2D eigenvalue weighted by Gasteiger charge is 2.34. The van der Waals surface area contributed by atoms with Crippen LogP contribution < -0.4 is 0 Å². The SMILES string of the molecule is [CH2-]N1CC(C)(N(C)C)C1. The maximum absolute atomic E-state index is 3.83. The lowest BCUT2D eigenvalue weighted by molar-refractivity contribution is 0.0136. The van der Waals surface area contributed by atoms with Gasteiger partial charge in [-0.05, 0) is 34.1 Å². The highest BCUT2D eigenvalue weighted by atomic mass is 15.3. The van der Waals surface area contributed by atoms with E-state index in [0.717, 1.165) is 13.1 Å². The Morgan fingerprint density at radius 2 is 1.89 bits per heavy atom. The van der Waals surface area contributed by atoms with Gasteiger partial charge >= 0.3 is 0 Å². The zero-order chi connectivity index (χ0) is 7.07. The molecule has 0 radical (unpaired) electrons. The minimum Gasteiger partial charge on any atom is -0.456 e. The Morgan fingerprint density at radius 1 is 1.44 bits per heavy atom. The van der Waals surface area contributed by atoms with Crippen molar-refractivity contribution in [3.63, 3.8) is 0 Å². The van der Waals surface area contributed by atoms with Crippen LogP contribution in [0, 0.1) is 7.05 Å². The summed E-state index contributed by atoms with van der Waals surface area (Å²) in [7, 11) is 8.06. The molecule has 1 saturated heterocycles. The second kappa shape index (κ2) is 1.96. The summed E-state index contributed by atoms with van der Waals surface area (Å²) in [5.74, 6) is 0. The number of likely N-dealkylation sites (tertiary alicyclic amines) is 1. The van der Waals surface area contributed by atoms with Crippen molar-refractivity contribution >= 4 is 0 Å². The summed E-state index contributed by atoms with van der Waals surface area (Å²) in [5.41, 5.74) is 0.391. The first-order chi connectivity index (χ1) is 4.04. The molecule has 1 aliphatic heterocycles. The first-order valence-corrected chi connectivity index (χ1v) is 3.27. The van der Waals surface area contributed by atoms with Gasteiger partial charge in [0.25, 0.3) is 0 Å². The minimum absolute atomic E-state index is 0.391. The van der Waals surface area contributed by atoms with Crippen molar-refractivity contribution < 1.29 is 0 Å². The molecule has 1 rings (SSSR count). The number of hydrogen-bond acceptors (Lipinski definition) is 2. The number of hydrogen-bond donors (Lipinski definition) is 0. The molecule has 0 N–H and O–H groups in total. The molecule has 0 amide bonds. The van der Waals surface area contributed by atoms with Crippen molar-refractivity contribution in [1.82, 2.24) is 9.80 Å². The third-order valence-electron chi connectivity index (χ3n) is 2.21. The van der Waals surface area contributed by atoms with Crippen LogP contribution in [0.5, 0.6) is 0 Å². The Hall–Kier alpha value is -0.0800. The molecule has 1 fully saturated rings. The second-order valence-corrected chi connectivity index (χ2v) is 3.38. The van der Waals surface area contributed by atoms with Gasteiger partial charge in [-0.15, -0.1) is 0 Å². The quantitative estimate of drug-likeness (QED) is 0.471. The van der Waals surface area contributed by atoms with Crippen LogP contribution in [-0.2, 0) is 0 Å². The van der Waals surface area contributed by atoms with Crippen molar-refractivity contribution in [3.8, 4) is 0 Å². The zero-order valence-corrected chi connectivity index (χ0v) is 6.52. The van der Waals surface area contributed by atoms with E-state index in [1.165, 1.54) is 0 Å². The highest BCUT2D eigenvalue weighted by molar-refractivity contribution is 4.98. The van der Waals surface area contributed by atoms with Crippen LogP contribution in [0.1, 0.15) is 6.92 Å². The van der Waals surface area contributed by atoms with Crippen LogP contribution in [0.3, 0.4) is 0 Å². The van der Waals surface area contributed by atoms with Crippen LogP contribution in [0.4, 0.5) is 0 Å². The molecule has 0 bridgehead atoms. The van der Waals surface area contributed by atoms with Crippen molar-refractivity contribution in [2.24, 2.45) is 0 Å². The van der Waals surface area contributed by atoms with Gasteiger partial charge in [0.05, 0.1) is 0 Å². The molecule has 0 aromatic rings. The molecule has 9 heavy (non-hydrogen) atoms. The van der Waals surface area contributed by atoms with Crippen molar-refractivity contribution in [2.75, 3.05) is 27.2 Å². The van der Waals surface area contributed by atoms with Crippen molar-refractivity contribution in [3.05, 3.63) is 7.05 Å². The molecule has 0 aromatic heterocycles. The molecule has 0 aromatic carbocycles. The van der Waals surface area contributed by atoms with Gasteiger partial charge in [-0.3, -0.25) is 7.05 Å². The van der Waals surface area contributed by atoms with Gasteiger partial charge in [0, 0.05) is 5.54 Å². The van der Waals surface area contributed by atoms with Crippen LogP contribution in [0.2, 0.25) is 0 Å². The van der Waals surface area contributed by atoms with Gasteiger partial charge in [0.1, 0.15) is 0 Å². The van der Waals surface area contributed by atoms with Crippen LogP contribution in [-0.4, -0.2) is 42.5 Å². The van der Waals surface area contributed by atoms with E-state index < -0.39 is 0 Å². The fourth-order valence-corrected chi connectivity index (χ4v) is 1.20. The normalized spacial score (nSPS) is 26.3. The van der Waals surface area contributed by atoms with E-state index >= 15 is 0 Å². The predicted octanol–water partition coefficient (Wildman–Crippen LogP) is 0.414. The summed E-state index contributed by atoms with van der Waals surface area (Å²) in [4.78, 5) is 4.34. The molecular weight excluding hydrogens is 112 g/mol. The third-order valence-corrected chi connectivity index (χ3v) is 2.21. The zero-order valence-electron chi connectivity index (χ0n) is 6.52. The van der Waals surface area contributed by atoms with Gasteiger partial charge in [0.15, 0.2) is 0 Å². The topological polar surface area (TPSA) is 6.48 Å². The maximum atomic E-state index is 3.83. The summed E-state index contributed by atoms with van der Waals surface area (Å²) in [6, 6.07) is 0. The third kappa shape index (κ3) is 1.10. The fraction of sp³-hybridized carbons (Fsp3) is 0.857. The molecular formula is C7H15N2-. The molecule has 2 heteroatoms. The molecule has 54 valence electrons. The lowest BCUT2D eigenvalue weighted by atomic mass is 9.92. The Labute approximate surface area is 57.4 Å². The highest BCUT2D eigenvalue weighted by Crippen LogP contribution is 2.23. The smallest absolute Gasteiger partial charge is 0.0380 e. The maximum Gasteiger partial charge on any atom is 0.0380 e. The summed E-state index contributed by atoms with van der Waals surface area (Å²) in [6.07, 6.45) is 0. The van der Waals surface area contributed by atoms with E-state index in [0.29, 0.717) is 5.54 Å². The van der Waals surface area contributed by atoms with E-state index in [9.17, 15) is 0 Å². The minimum atomic E-state index is 0.391. The largest absolute Gasteiger partial charge is 0.456 e. The number of rotatable bonds is 1. The summed E-state index contributed by atoms with van der Waals surface area (Å²) in [6.45, 7) is 4.45. The Bertz CT molecular complexity index is 103. The van der Waals surface area contributed by atoms with Gasteiger partial charge in [-0.25, -0.2) is 0 Å². The van der Waals surface area contributed by atoms with Gasteiger partial charge in [0.2, 0.25) is 0 Å². The summed E-state index contributed by atoms with van der Waals surface area (Å²) < 4.78 is 0. The Morgan fingerprint density at radius 3 is 2.00 bits per heavy atom. The number of nitrogens with zero attached hydrogens (tertiary/aromatic N) is 2. The van der Waals surface area contributed by atoms with Crippen molar-refractivity contribution in [2.45, 2.75) is 12.5 Å². The van der Waals surface area contributed by atoms with Gasteiger partial charge in [-0.1, -0.05) is 0 Å². The average Bonchev–Trinajstić information content (AvgIpc) is 1.62. The van der Waals surface area contributed by atoms with E-state index in [-0.39, 0.29) is 0 Å². The lowest BCUT2D eigenvalue weighted by Crippen LogP contribution is -2.64. The van der Waals surface area contributed by atoms with E-state index in [2.05, 4.69) is 37.9 Å². The molecule has 0 spiro atoms. The van der Waals surface area contributed by atoms with Gasteiger partial charge in [-0.2, -0.15) is 0 Å². The molecule has 0 atom stereocenters. The molecule has 1 aliphatic rings. The van der Waals surface area contributed by atoms with Crippen molar-refractivity contribution in [1.29, 1.82) is 0 Å². The molecule has 0 saturated carbocycles. The summed E-state index contributed by atoms with van der Waals surface area (Å²) >= 11 is 0. The lowest BCUT2D eigenvalue weighted by Gasteiger charge is -2.55. The van der Waals surface area contributed by atoms with E-state index in [4.69, 9.17) is 0 Å². The monoisotopic (exact) mass is 127 g/mol. The second-order valence-electron chi connectivity index (χ2n) is 3.38. The van der Waals surface area contributed by atoms with Crippen LogP contribution in [0.15, 0.2) is 0 Å². The molecule has 0 unspecified atom stereocenters. The van der Waals surface area contributed by atoms with E-state index in [1.54, 1.807) is 0 Å². The van der Waals surface area contributed by atoms with Gasteiger partial charge < -0.3 is 9.80 Å². The first kappa shape index (κ1) is 7.03. The standard InChI is InChI=1S/C7H15N2/c1-7(8(2)3)5-9(4)6-7/h4-6H2,1-3H3/q-1. The predicted molar refractivity (Wildman–Crippen MR) is 39.0 cm³/mol. The number of likely N-dealkylation sites (N-methyl/N-ethyl adjacent to an activating group) is 1. The van der Waals surface area contributed by atoms with E-state index in [1.807, 2.05) is 0 Å². The molecule has 2 nitrogen and oxygen atoms in total. The molecule has 1 heterocycles. The molecule has 0 aliphatic carbocycles. The Kier molecular flexibility index (Phi) is 1.53.